The lowest BCUT2D eigenvalue weighted by molar-refractivity contribution is -0.121. The van der Waals surface area contributed by atoms with Gasteiger partial charge < -0.3 is 10.2 Å². The molecule has 1 saturated heterocycles. The van der Waals surface area contributed by atoms with Crippen LogP contribution in [-0.2, 0) is 11.2 Å². The SMILES string of the molecule is CCc1c(Cl)ncc(C2CC(c3ccc(F)cc3)CCN2C=O)c1Nc1cccc(F)c1C. The predicted molar refractivity (Wildman–Crippen MR) is 127 cm³/mol. The number of halogens is 3. The molecule has 1 aliphatic rings. The normalized spacial score (nSPS) is 18.3. The van der Waals surface area contributed by atoms with Crippen molar-refractivity contribution in [1.29, 1.82) is 0 Å². The molecule has 1 aromatic heterocycles. The molecule has 0 saturated carbocycles. The van der Waals surface area contributed by atoms with Gasteiger partial charge in [-0.3, -0.25) is 4.79 Å². The van der Waals surface area contributed by atoms with Gasteiger partial charge in [0.05, 0.1) is 11.7 Å². The molecule has 2 aromatic carbocycles. The number of carbonyl (C=O) groups excluding carboxylic acids is 1. The number of benzene rings is 2. The van der Waals surface area contributed by atoms with Crippen LogP contribution >= 0.6 is 11.6 Å². The van der Waals surface area contributed by atoms with E-state index >= 15 is 0 Å². The first-order valence-electron chi connectivity index (χ1n) is 11.1. The lowest BCUT2D eigenvalue weighted by Crippen LogP contribution is -2.35. The van der Waals surface area contributed by atoms with Crippen LogP contribution in [0.5, 0.6) is 0 Å². The fourth-order valence-electron chi connectivity index (χ4n) is 4.60. The van der Waals surface area contributed by atoms with Crippen LogP contribution in [-0.4, -0.2) is 22.8 Å². The van der Waals surface area contributed by atoms with Crippen molar-refractivity contribution in [3.63, 3.8) is 0 Å². The van der Waals surface area contributed by atoms with E-state index in [0.717, 1.165) is 35.2 Å². The van der Waals surface area contributed by atoms with Crippen LogP contribution in [0.25, 0.3) is 0 Å². The number of rotatable bonds is 6. The summed E-state index contributed by atoms with van der Waals surface area (Å²) in [5.74, 6) is -0.410. The lowest BCUT2D eigenvalue weighted by Gasteiger charge is -2.39. The van der Waals surface area contributed by atoms with Gasteiger partial charge in [-0.2, -0.15) is 0 Å². The summed E-state index contributed by atoms with van der Waals surface area (Å²) in [5.41, 5.74) is 4.57. The van der Waals surface area contributed by atoms with Crippen molar-refractivity contribution in [2.75, 3.05) is 11.9 Å². The van der Waals surface area contributed by atoms with Crippen LogP contribution in [0, 0.1) is 18.6 Å². The Bertz CT molecular complexity index is 1150. The summed E-state index contributed by atoms with van der Waals surface area (Å²) in [6, 6.07) is 11.2. The number of hydrogen-bond donors (Lipinski definition) is 1. The number of amides is 1. The van der Waals surface area contributed by atoms with E-state index in [9.17, 15) is 13.6 Å². The van der Waals surface area contributed by atoms with Crippen LogP contribution in [0.4, 0.5) is 20.2 Å². The van der Waals surface area contributed by atoms with Crippen LogP contribution in [0.3, 0.4) is 0 Å². The van der Waals surface area contributed by atoms with Gasteiger partial charge in [0, 0.05) is 35.1 Å². The van der Waals surface area contributed by atoms with Gasteiger partial charge >= 0.3 is 0 Å². The highest BCUT2D eigenvalue weighted by atomic mass is 35.5. The average Bonchev–Trinajstić information content (AvgIpc) is 2.82. The summed E-state index contributed by atoms with van der Waals surface area (Å²) >= 11 is 6.44. The first-order valence-corrected chi connectivity index (χ1v) is 11.5. The fraction of sp³-hybridized carbons (Fsp3) is 0.308. The Morgan fingerprint density at radius 3 is 2.67 bits per heavy atom. The Hall–Kier alpha value is -2.99. The van der Waals surface area contributed by atoms with E-state index in [1.54, 1.807) is 36.2 Å². The molecule has 0 radical (unpaired) electrons. The molecule has 4 rings (SSSR count). The van der Waals surface area contributed by atoms with Crippen LogP contribution < -0.4 is 5.32 Å². The Balaban J connectivity index is 1.77. The van der Waals surface area contributed by atoms with Gasteiger partial charge in [-0.1, -0.05) is 36.7 Å². The van der Waals surface area contributed by atoms with Gasteiger partial charge in [0.15, 0.2) is 0 Å². The van der Waals surface area contributed by atoms with E-state index in [1.165, 1.54) is 18.2 Å². The molecule has 0 aliphatic carbocycles. The Kier molecular flexibility index (Phi) is 6.94. The third-order valence-electron chi connectivity index (χ3n) is 6.52. The van der Waals surface area contributed by atoms with E-state index in [2.05, 4.69) is 10.3 Å². The number of hydrogen-bond acceptors (Lipinski definition) is 3. The monoisotopic (exact) mass is 469 g/mol. The van der Waals surface area contributed by atoms with Gasteiger partial charge in [0.25, 0.3) is 0 Å². The number of aromatic nitrogens is 1. The van der Waals surface area contributed by atoms with Gasteiger partial charge in [-0.15, -0.1) is 0 Å². The molecule has 4 nitrogen and oxygen atoms in total. The quantitative estimate of drug-likeness (QED) is 0.322. The lowest BCUT2D eigenvalue weighted by atomic mass is 9.82. The second-order valence-electron chi connectivity index (χ2n) is 8.38. The predicted octanol–water partition coefficient (Wildman–Crippen LogP) is 6.70. The highest BCUT2D eigenvalue weighted by Gasteiger charge is 2.32. The smallest absolute Gasteiger partial charge is 0.210 e. The molecule has 2 heterocycles. The summed E-state index contributed by atoms with van der Waals surface area (Å²) in [5, 5.41) is 3.77. The fourth-order valence-corrected chi connectivity index (χ4v) is 4.88. The van der Waals surface area contributed by atoms with Crippen molar-refractivity contribution >= 4 is 29.4 Å². The molecule has 1 fully saturated rings. The van der Waals surface area contributed by atoms with Crippen molar-refractivity contribution in [2.24, 2.45) is 0 Å². The van der Waals surface area contributed by atoms with Crippen molar-refractivity contribution in [3.8, 4) is 0 Å². The van der Waals surface area contributed by atoms with Gasteiger partial charge in [0.1, 0.15) is 16.8 Å². The first kappa shape index (κ1) is 23.2. The molecule has 0 bridgehead atoms. The van der Waals surface area contributed by atoms with Crippen molar-refractivity contribution < 1.29 is 13.6 Å². The summed E-state index contributed by atoms with van der Waals surface area (Å²) in [6.45, 7) is 4.27. The van der Waals surface area contributed by atoms with Crippen molar-refractivity contribution in [3.05, 3.63) is 87.7 Å². The maximum Gasteiger partial charge on any atom is 0.210 e. The minimum Gasteiger partial charge on any atom is -0.355 e. The highest BCUT2D eigenvalue weighted by molar-refractivity contribution is 6.30. The first-order chi connectivity index (χ1) is 15.9. The minimum absolute atomic E-state index is 0.163. The molecule has 2 atom stereocenters. The molecule has 1 amide bonds. The molecule has 3 aromatic rings. The topological polar surface area (TPSA) is 45.2 Å². The second-order valence-corrected chi connectivity index (χ2v) is 8.74. The molecule has 7 heteroatoms. The maximum atomic E-state index is 14.2. The standard InChI is InChI=1S/C26H26ClF2N3O/c1-3-20-25(31-23-6-4-5-22(29)16(23)2)21(14-30-26(20)27)24-13-18(11-12-32(24)15-33)17-7-9-19(28)10-8-17/h4-10,14-15,18,24H,3,11-13H2,1-2H3,(H,30,31). The average molecular weight is 470 g/mol. The summed E-state index contributed by atoms with van der Waals surface area (Å²) in [4.78, 5) is 18.2. The number of carbonyl (C=O) groups is 1. The van der Waals surface area contributed by atoms with Crippen LogP contribution in [0.15, 0.2) is 48.7 Å². The third-order valence-corrected chi connectivity index (χ3v) is 6.84. The number of piperidine rings is 1. The van der Waals surface area contributed by atoms with Crippen LogP contribution in [0.2, 0.25) is 5.15 Å². The summed E-state index contributed by atoms with van der Waals surface area (Å²) < 4.78 is 27.7. The van der Waals surface area contributed by atoms with E-state index in [0.29, 0.717) is 35.8 Å². The number of likely N-dealkylation sites (tertiary alicyclic amines) is 1. The van der Waals surface area contributed by atoms with E-state index in [1.807, 2.05) is 13.0 Å². The molecule has 1 aliphatic heterocycles. The minimum atomic E-state index is -0.302. The Morgan fingerprint density at radius 1 is 1.21 bits per heavy atom. The molecule has 0 spiro atoms. The molecule has 1 N–H and O–H groups in total. The zero-order chi connectivity index (χ0) is 23.5. The molecular formula is C26H26ClF2N3O. The number of pyridine rings is 1. The molecular weight excluding hydrogens is 444 g/mol. The van der Waals surface area contributed by atoms with Crippen molar-refractivity contribution in [1.82, 2.24) is 9.88 Å². The summed E-state index contributed by atoms with van der Waals surface area (Å²) in [7, 11) is 0. The molecule has 2 unspecified atom stereocenters. The van der Waals surface area contributed by atoms with E-state index in [4.69, 9.17) is 11.6 Å². The highest BCUT2D eigenvalue weighted by Crippen LogP contribution is 2.43. The molecule has 33 heavy (non-hydrogen) atoms. The van der Waals surface area contributed by atoms with Crippen molar-refractivity contribution in [2.45, 2.75) is 45.1 Å². The zero-order valence-electron chi connectivity index (χ0n) is 18.6. The Labute approximate surface area is 197 Å². The number of anilines is 2. The largest absolute Gasteiger partial charge is 0.355 e. The second kappa shape index (κ2) is 9.87. The van der Waals surface area contributed by atoms with E-state index < -0.39 is 0 Å². The summed E-state index contributed by atoms with van der Waals surface area (Å²) in [6.07, 6.45) is 4.63. The van der Waals surface area contributed by atoms with Gasteiger partial charge in [-0.05, 0) is 61.9 Å². The van der Waals surface area contributed by atoms with Gasteiger partial charge in [0.2, 0.25) is 6.41 Å². The van der Waals surface area contributed by atoms with E-state index in [-0.39, 0.29) is 23.6 Å². The number of nitrogens with one attached hydrogen (secondary N) is 1. The maximum absolute atomic E-state index is 14.2. The van der Waals surface area contributed by atoms with Gasteiger partial charge in [-0.25, -0.2) is 13.8 Å². The number of nitrogens with zero attached hydrogens (tertiary/aromatic N) is 2. The Morgan fingerprint density at radius 2 is 1.97 bits per heavy atom. The third kappa shape index (κ3) is 4.71. The molecule has 172 valence electrons. The zero-order valence-corrected chi connectivity index (χ0v) is 19.4. The van der Waals surface area contributed by atoms with Crippen LogP contribution in [0.1, 0.15) is 54.0 Å².